The van der Waals surface area contributed by atoms with E-state index in [4.69, 9.17) is 16.3 Å². The van der Waals surface area contributed by atoms with Crippen LogP contribution in [0.4, 0.5) is 0 Å². The fourth-order valence-electron chi connectivity index (χ4n) is 2.25. The van der Waals surface area contributed by atoms with Crippen LogP contribution in [0.1, 0.15) is 15.2 Å². The number of carbonyl (C=O) groups is 2. The minimum Gasteiger partial charge on any atom is -0.422 e. The summed E-state index contributed by atoms with van der Waals surface area (Å²) in [5.41, 5.74) is 2.87. The first-order valence-corrected chi connectivity index (χ1v) is 11.5. The van der Waals surface area contributed by atoms with E-state index in [0.717, 1.165) is 0 Å². The van der Waals surface area contributed by atoms with E-state index in [0.29, 0.717) is 21.2 Å². The number of nitrogens with one attached hydrogen (secondary N) is 2. The zero-order chi connectivity index (χ0) is 22.3. The van der Waals surface area contributed by atoms with Gasteiger partial charge in [0.2, 0.25) is 10.0 Å². The molecule has 0 unspecified atom stereocenters. The van der Waals surface area contributed by atoms with Crippen molar-refractivity contribution in [3.8, 4) is 5.75 Å². The lowest BCUT2D eigenvalue weighted by molar-refractivity contribution is -0.119. The van der Waals surface area contributed by atoms with Crippen LogP contribution >= 0.6 is 22.9 Å². The van der Waals surface area contributed by atoms with E-state index < -0.39 is 28.4 Å². The highest BCUT2D eigenvalue weighted by Crippen LogP contribution is 2.16. The van der Waals surface area contributed by atoms with E-state index in [-0.39, 0.29) is 4.90 Å². The number of esters is 1. The number of nitrogens with zero attached hydrogens (tertiary/aromatic N) is 1. The molecular formula is C20H16ClN3O5S2. The van der Waals surface area contributed by atoms with Crippen molar-refractivity contribution < 1.29 is 22.7 Å². The summed E-state index contributed by atoms with van der Waals surface area (Å²) in [5, 5.41) is 5.96. The third kappa shape index (κ3) is 6.72. The number of hydrogen-bond acceptors (Lipinski definition) is 7. The quantitative estimate of drug-likeness (QED) is 0.224. The Bertz CT molecular complexity index is 1180. The summed E-state index contributed by atoms with van der Waals surface area (Å²) in [4.78, 5) is 24.2. The third-order valence-electron chi connectivity index (χ3n) is 3.76. The fourth-order valence-corrected chi connectivity index (χ4v) is 3.96. The van der Waals surface area contributed by atoms with Gasteiger partial charge in [-0.05, 0) is 65.5 Å². The van der Waals surface area contributed by atoms with Crippen LogP contribution in [0.2, 0.25) is 5.02 Å². The van der Waals surface area contributed by atoms with Crippen LogP contribution in [0, 0.1) is 0 Å². The first kappa shape index (κ1) is 22.6. The van der Waals surface area contributed by atoms with Gasteiger partial charge in [0.15, 0.2) is 0 Å². The standard InChI is InChI=1S/C20H16ClN3O5S2/c21-15-5-9-17(10-6-15)31(27,28)23-13-19(25)24-22-12-14-3-7-16(8-4-14)29-20(26)18-2-1-11-30-18/h1-12,23H,13H2,(H,24,25). The Morgan fingerprint density at radius 3 is 2.42 bits per heavy atom. The largest absolute Gasteiger partial charge is 0.422 e. The molecule has 31 heavy (non-hydrogen) atoms. The second kappa shape index (κ2) is 10.3. The van der Waals surface area contributed by atoms with Gasteiger partial charge in [-0.1, -0.05) is 17.7 Å². The number of carbonyl (C=O) groups excluding carboxylic acids is 2. The number of ether oxygens (including phenoxy) is 1. The van der Waals surface area contributed by atoms with E-state index >= 15 is 0 Å². The van der Waals surface area contributed by atoms with Crippen molar-refractivity contribution in [1.29, 1.82) is 0 Å². The highest BCUT2D eigenvalue weighted by atomic mass is 35.5. The van der Waals surface area contributed by atoms with Gasteiger partial charge in [-0.3, -0.25) is 4.79 Å². The normalized spacial score (nSPS) is 11.4. The number of halogens is 1. The molecule has 0 aliphatic rings. The second-order valence-electron chi connectivity index (χ2n) is 6.01. The van der Waals surface area contributed by atoms with Crippen LogP contribution in [0.3, 0.4) is 0 Å². The highest BCUT2D eigenvalue weighted by Gasteiger charge is 2.15. The van der Waals surface area contributed by atoms with Gasteiger partial charge in [0, 0.05) is 5.02 Å². The number of sulfonamides is 1. The zero-order valence-corrected chi connectivity index (χ0v) is 18.2. The van der Waals surface area contributed by atoms with Crippen LogP contribution in [-0.2, 0) is 14.8 Å². The predicted octanol–water partition coefficient (Wildman–Crippen LogP) is 3.05. The molecule has 0 atom stereocenters. The number of benzene rings is 2. The van der Waals surface area contributed by atoms with Crippen molar-refractivity contribution in [2.45, 2.75) is 4.90 Å². The van der Waals surface area contributed by atoms with Gasteiger partial charge in [0.05, 0.1) is 17.7 Å². The average Bonchev–Trinajstić information content (AvgIpc) is 3.29. The molecule has 3 aromatic rings. The van der Waals surface area contributed by atoms with Crippen molar-refractivity contribution in [3.05, 3.63) is 81.5 Å². The predicted molar refractivity (Wildman–Crippen MR) is 118 cm³/mol. The molecule has 0 bridgehead atoms. The van der Waals surface area contributed by atoms with Gasteiger partial charge in [-0.25, -0.2) is 23.4 Å². The Morgan fingerprint density at radius 1 is 1.06 bits per heavy atom. The van der Waals surface area contributed by atoms with Crippen LogP contribution in [0.5, 0.6) is 5.75 Å². The highest BCUT2D eigenvalue weighted by molar-refractivity contribution is 7.89. The fraction of sp³-hybridized carbons (Fsp3) is 0.0500. The molecule has 0 spiro atoms. The Hall–Kier alpha value is -3.05. The van der Waals surface area contributed by atoms with Crippen molar-refractivity contribution in [1.82, 2.24) is 10.1 Å². The topological polar surface area (TPSA) is 114 Å². The summed E-state index contributed by atoms with van der Waals surface area (Å²) < 4.78 is 31.7. The molecule has 160 valence electrons. The van der Waals surface area contributed by atoms with Crippen molar-refractivity contribution in [2.24, 2.45) is 5.10 Å². The second-order valence-corrected chi connectivity index (χ2v) is 9.16. The van der Waals surface area contributed by atoms with Crippen molar-refractivity contribution >= 4 is 51.1 Å². The molecule has 2 aromatic carbocycles. The van der Waals surface area contributed by atoms with Gasteiger partial charge in [-0.2, -0.15) is 5.10 Å². The molecule has 11 heteroatoms. The smallest absolute Gasteiger partial charge is 0.353 e. The molecule has 1 amide bonds. The van der Waals surface area contributed by atoms with Crippen LogP contribution in [-0.4, -0.2) is 33.1 Å². The maximum atomic E-state index is 12.1. The number of hydrazone groups is 1. The molecule has 0 aliphatic heterocycles. The Labute approximate surface area is 187 Å². The van der Waals surface area contributed by atoms with Crippen LogP contribution in [0.25, 0.3) is 0 Å². The summed E-state index contributed by atoms with van der Waals surface area (Å²) >= 11 is 7.02. The summed E-state index contributed by atoms with van der Waals surface area (Å²) in [6, 6.07) is 15.5. The maximum absolute atomic E-state index is 12.1. The van der Waals surface area contributed by atoms with Gasteiger partial charge in [-0.15, -0.1) is 11.3 Å². The Kier molecular flexibility index (Phi) is 7.53. The third-order valence-corrected chi connectivity index (χ3v) is 6.28. The summed E-state index contributed by atoms with van der Waals surface area (Å²) in [5.74, 6) is -0.712. The minimum atomic E-state index is -3.84. The van der Waals surface area contributed by atoms with Gasteiger partial charge >= 0.3 is 5.97 Å². The first-order valence-electron chi connectivity index (χ1n) is 8.76. The number of thiophene rings is 1. The lowest BCUT2D eigenvalue weighted by Gasteiger charge is -2.06. The molecular weight excluding hydrogens is 462 g/mol. The van der Waals surface area contributed by atoms with E-state index in [1.807, 2.05) is 0 Å². The molecule has 0 fully saturated rings. The molecule has 2 N–H and O–H groups in total. The molecule has 3 rings (SSSR count). The molecule has 1 aromatic heterocycles. The first-order chi connectivity index (χ1) is 14.8. The summed E-state index contributed by atoms with van der Waals surface area (Å²) in [7, 11) is -3.84. The summed E-state index contributed by atoms with van der Waals surface area (Å²) in [6.07, 6.45) is 1.37. The molecule has 8 nitrogen and oxygen atoms in total. The van der Waals surface area contributed by atoms with Crippen LogP contribution < -0.4 is 14.9 Å². The van der Waals surface area contributed by atoms with E-state index in [1.54, 1.807) is 41.8 Å². The molecule has 0 aliphatic carbocycles. The number of amides is 1. The van der Waals surface area contributed by atoms with E-state index in [9.17, 15) is 18.0 Å². The van der Waals surface area contributed by atoms with Crippen LogP contribution in [0.15, 0.2) is 76.0 Å². The maximum Gasteiger partial charge on any atom is 0.353 e. The SMILES string of the molecule is O=C(CNS(=O)(=O)c1ccc(Cl)cc1)NN=Cc1ccc(OC(=O)c2cccs2)cc1. The molecule has 0 radical (unpaired) electrons. The monoisotopic (exact) mass is 477 g/mol. The lowest BCUT2D eigenvalue weighted by Crippen LogP contribution is -2.34. The average molecular weight is 478 g/mol. The number of hydrogen-bond donors (Lipinski definition) is 2. The molecule has 0 saturated carbocycles. The Balaban J connectivity index is 1.47. The lowest BCUT2D eigenvalue weighted by atomic mass is 10.2. The number of rotatable bonds is 8. The zero-order valence-electron chi connectivity index (χ0n) is 15.8. The molecule has 1 heterocycles. The van der Waals surface area contributed by atoms with Crippen molar-refractivity contribution in [2.75, 3.05) is 6.54 Å². The van der Waals surface area contributed by atoms with Gasteiger partial charge in [0.1, 0.15) is 10.6 Å². The summed E-state index contributed by atoms with van der Waals surface area (Å²) in [6.45, 7) is -0.486. The van der Waals surface area contributed by atoms with Crippen molar-refractivity contribution in [3.63, 3.8) is 0 Å². The Morgan fingerprint density at radius 2 is 1.77 bits per heavy atom. The molecule has 0 saturated heterocycles. The van der Waals surface area contributed by atoms with E-state index in [2.05, 4.69) is 15.2 Å². The van der Waals surface area contributed by atoms with Gasteiger partial charge < -0.3 is 4.74 Å². The van der Waals surface area contributed by atoms with E-state index in [1.165, 1.54) is 41.8 Å². The van der Waals surface area contributed by atoms with Gasteiger partial charge in [0.25, 0.3) is 5.91 Å². The minimum absolute atomic E-state index is 0.00642.